The number of hydrogen-bond donors (Lipinski definition) is 1. The fraction of sp³-hybridized carbons (Fsp3) is 0.0476. The molecule has 0 aliphatic heterocycles. The van der Waals surface area contributed by atoms with E-state index in [9.17, 15) is 4.79 Å². The largest absolute Gasteiger partial charge is 0.457 e. The molecule has 0 unspecified atom stereocenters. The second-order valence-corrected chi connectivity index (χ2v) is 7.98. The summed E-state index contributed by atoms with van der Waals surface area (Å²) >= 11 is 4.67. The summed E-state index contributed by atoms with van der Waals surface area (Å²) in [7, 11) is 0. The monoisotopic (exact) mass is 481 g/mol. The summed E-state index contributed by atoms with van der Waals surface area (Å²) in [6.45, 7) is 0. The number of nitrogens with zero attached hydrogens (tertiary/aromatic N) is 4. The van der Waals surface area contributed by atoms with E-state index in [1.807, 2.05) is 66.7 Å². The van der Waals surface area contributed by atoms with Crippen molar-refractivity contribution in [2.75, 3.05) is 11.1 Å². The number of carbonyl (C=O) groups is 1. The normalized spacial score (nSPS) is 10.6. The predicted octanol–water partition coefficient (Wildman–Crippen LogP) is 4.95. The Morgan fingerprint density at radius 1 is 0.967 bits per heavy atom. The first-order valence-electron chi connectivity index (χ1n) is 8.97. The molecule has 0 spiro atoms. The Hall–Kier alpha value is -3.17. The van der Waals surface area contributed by atoms with Gasteiger partial charge in [-0.05, 0) is 71.1 Å². The van der Waals surface area contributed by atoms with Crippen molar-refractivity contribution in [1.82, 2.24) is 20.2 Å². The van der Waals surface area contributed by atoms with Crippen molar-refractivity contribution >= 4 is 39.3 Å². The number of halogens is 1. The van der Waals surface area contributed by atoms with E-state index in [-0.39, 0.29) is 11.7 Å². The molecule has 0 aliphatic carbocycles. The van der Waals surface area contributed by atoms with Crippen LogP contribution < -0.4 is 10.1 Å². The first kappa shape index (κ1) is 20.1. The van der Waals surface area contributed by atoms with Gasteiger partial charge in [0.25, 0.3) is 0 Å². The lowest BCUT2D eigenvalue weighted by Crippen LogP contribution is -2.14. The smallest absolute Gasteiger partial charge is 0.234 e. The zero-order valence-electron chi connectivity index (χ0n) is 15.6. The van der Waals surface area contributed by atoms with Crippen LogP contribution in [0.15, 0.2) is 88.5 Å². The van der Waals surface area contributed by atoms with Gasteiger partial charge < -0.3 is 10.1 Å². The van der Waals surface area contributed by atoms with Crippen LogP contribution in [-0.2, 0) is 4.79 Å². The van der Waals surface area contributed by atoms with E-state index in [1.54, 1.807) is 16.8 Å². The number of thioether (sulfide) groups is 1. The number of rotatable bonds is 7. The molecule has 9 heteroatoms. The zero-order chi connectivity index (χ0) is 20.8. The molecule has 0 saturated carbocycles. The van der Waals surface area contributed by atoms with Crippen LogP contribution in [-0.4, -0.2) is 31.9 Å². The van der Waals surface area contributed by atoms with Gasteiger partial charge in [-0.2, -0.15) is 4.68 Å². The number of para-hydroxylation sites is 1. The number of anilines is 1. The predicted molar refractivity (Wildman–Crippen MR) is 119 cm³/mol. The molecule has 7 nitrogen and oxygen atoms in total. The average Bonchev–Trinajstić information content (AvgIpc) is 3.24. The lowest BCUT2D eigenvalue weighted by molar-refractivity contribution is -0.113. The molecule has 1 heterocycles. The Morgan fingerprint density at radius 3 is 2.40 bits per heavy atom. The molecule has 0 fully saturated rings. The zero-order valence-corrected chi connectivity index (χ0v) is 18.0. The van der Waals surface area contributed by atoms with Gasteiger partial charge in [-0.1, -0.05) is 45.9 Å². The Morgan fingerprint density at radius 2 is 1.67 bits per heavy atom. The van der Waals surface area contributed by atoms with E-state index < -0.39 is 0 Å². The standard InChI is InChI=1S/C21H16BrN5O2S/c22-15-6-10-17(11-7-15)27-21(24-25-26-27)30-14-20(28)23-16-8-12-19(13-9-16)29-18-4-2-1-3-5-18/h1-13H,14H2,(H,23,28). The summed E-state index contributed by atoms with van der Waals surface area (Å²) in [5.41, 5.74) is 1.51. The highest BCUT2D eigenvalue weighted by molar-refractivity contribution is 9.10. The maximum Gasteiger partial charge on any atom is 0.234 e. The van der Waals surface area contributed by atoms with Gasteiger partial charge in [0, 0.05) is 10.2 Å². The van der Waals surface area contributed by atoms with Crippen molar-refractivity contribution in [3.8, 4) is 17.2 Å². The second kappa shape index (κ2) is 9.55. The Labute approximate surface area is 185 Å². The van der Waals surface area contributed by atoms with Crippen LogP contribution in [0.2, 0.25) is 0 Å². The van der Waals surface area contributed by atoms with Crippen molar-refractivity contribution in [2.24, 2.45) is 0 Å². The lowest BCUT2D eigenvalue weighted by Gasteiger charge is -2.08. The third-order valence-corrected chi connectivity index (χ3v) is 5.41. The van der Waals surface area contributed by atoms with Crippen LogP contribution in [0.1, 0.15) is 0 Å². The summed E-state index contributed by atoms with van der Waals surface area (Å²) < 4.78 is 8.32. The Kier molecular flexibility index (Phi) is 6.41. The fourth-order valence-corrected chi connectivity index (χ4v) is 3.53. The van der Waals surface area contributed by atoms with Crippen molar-refractivity contribution in [3.05, 3.63) is 83.3 Å². The van der Waals surface area contributed by atoms with Gasteiger partial charge in [-0.15, -0.1) is 5.10 Å². The van der Waals surface area contributed by atoms with Crippen LogP contribution in [0.25, 0.3) is 5.69 Å². The number of ether oxygens (including phenoxy) is 1. The molecule has 4 rings (SSSR count). The molecular weight excluding hydrogens is 466 g/mol. The van der Waals surface area contributed by atoms with E-state index >= 15 is 0 Å². The van der Waals surface area contributed by atoms with Gasteiger partial charge in [0.2, 0.25) is 11.1 Å². The van der Waals surface area contributed by atoms with Gasteiger partial charge in [-0.25, -0.2) is 0 Å². The molecular formula is C21H16BrN5O2S. The number of benzene rings is 3. The summed E-state index contributed by atoms with van der Waals surface area (Å²) in [6, 6.07) is 24.3. The molecule has 0 saturated heterocycles. The maximum absolute atomic E-state index is 12.3. The SMILES string of the molecule is O=C(CSc1nnnn1-c1ccc(Br)cc1)Nc1ccc(Oc2ccccc2)cc1. The summed E-state index contributed by atoms with van der Waals surface area (Å²) in [5, 5.41) is 15.1. The molecule has 1 N–H and O–H groups in total. The molecule has 30 heavy (non-hydrogen) atoms. The van der Waals surface area contributed by atoms with Crippen LogP contribution in [0, 0.1) is 0 Å². The van der Waals surface area contributed by atoms with Gasteiger partial charge in [0.1, 0.15) is 11.5 Å². The van der Waals surface area contributed by atoms with E-state index in [1.165, 1.54) is 11.8 Å². The molecule has 0 radical (unpaired) electrons. The third-order valence-electron chi connectivity index (χ3n) is 3.96. The topological polar surface area (TPSA) is 81.9 Å². The van der Waals surface area contributed by atoms with Crippen molar-refractivity contribution < 1.29 is 9.53 Å². The van der Waals surface area contributed by atoms with E-state index in [0.29, 0.717) is 16.6 Å². The molecule has 0 bridgehead atoms. The molecule has 1 amide bonds. The summed E-state index contributed by atoms with van der Waals surface area (Å²) in [5.74, 6) is 1.48. The third kappa shape index (κ3) is 5.25. The number of nitrogens with one attached hydrogen (secondary N) is 1. The van der Waals surface area contributed by atoms with Crippen LogP contribution in [0.5, 0.6) is 11.5 Å². The maximum atomic E-state index is 12.3. The lowest BCUT2D eigenvalue weighted by atomic mass is 10.3. The van der Waals surface area contributed by atoms with Crippen LogP contribution in [0.3, 0.4) is 0 Å². The molecule has 0 atom stereocenters. The number of hydrogen-bond acceptors (Lipinski definition) is 6. The Bertz CT molecular complexity index is 1120. The molecule has 1 aromatic heterocycles. The highest BCUT2D eigenvalue weighted by atomic mass is 79.9. The van der Waals surface area contributed by atoms with E-state index in [4.69, 9.17) is 4.74 Å². The molecule has 150 valence electrons. The molecule has 0 aliphatic rings. The summed E-state index contributed by atoms with van der Waals surface area (Å²) in [4.78, 5) is 12.3. The van der Waals surface area contributed by atoms with Gasteiger partial charge in [0.15, 0.2) is 0 Å². The van der Waals surface area contributed by atoms with Gasteiger partial charge in [0.05, 0.1) is 11.4 Å². The number of amides is 1. The van der Waals surface area contributed by atoms with E-state index in [0.717, 1.165) is 15.9 Å². The molecule has 3 aromatic carbocycles. The van der Waals surface area contributed by atoms with Crippen molar-refractivity contribution in [1.29, 1.82) is 0 Å². The second-order valence-electron chi connectivity index (χ2n) is 6.13. The minimum absolute atomic E-state index is 0.151. The molecule has 4 aromatic rings. The fourth-order valence-electron chi connectivity index (χ4n) is 2.57. The minimum Gasteiger partial charge on any atom is -0.457 e. The first-order chi connectivity index (χ1) is 14.7. The average molecular weight is 482 g/mol. The van der Waals surface area contributed by atoms with E-state index in [2.05, 4.69) is 36.8 Å². The highest BCUT2D eigenvalue weighted by Gasteiger charge is 2.12. The first-order valence-corrected chi connectivity index (χ1v) is 10.8. The van der Waals surface area contributed by atoms with Gasteiger partial charge in [-0.3, -0.25) is 4.79 Å². The van der Waals surface area contributed by atoms with Crippen LogP contribution >= 0.6 is 27.7 Å². The van der Waals surface area contributed by atoms with Crippen molar-refractivity contribution in [2.45, 2.75) is 5.16 Å². The Balaban J connectivity index is 1.32. The highest BCUT2D eigenvalue weighted by Crippen LogP contribution is 2.23. The number of aromatic nitrogens is 4. The van der Waals surface area contributed by atoms with Gasteiger partial charge >= 0.3 is 0 Å². The van der Waals surface area contributed by atoms with Crippen molar-refractivity contribution in [3.63, 3.8) is 0 Å². The number of tetrazole rings is 1. The van der Waals surface area contributed by atoms with Crippen LogP contribution in [0.4, 0.5) is 5.69 Å². The minimum atomic E-state index is -0.151. The quantitative estimate of drug-likeness (QED) is 0.376. The summed E-state index contributed by atoms with van der Waals surface area (Å²) in [6.07, 6.45) is 0. The number of carbonyl (C=O) groups excluding carboxylic acids is 1.